The lowest BCUT2D eigenvalue weighted by Crippen LogP contribution is -2.41. The molecule has 150 valence electrons. The number of halogens is 1. The van der Waals surface area contributed by atoms with Crippen molar-refractivity contribution < 1.29 is 23.9 Å². The molecule has 1 aliphatic rings. The van der Waals surface area contributed by atoms with Crippen LogP contribution in [-0.2, 0) is 24.5 Å². The van der Waals surface area contributed by atoms with Gasteiger partial charge in [-0.15, -0.1) is 0 Å². The van der Waals surface area contributed by atoms with Crippen LogP contribution in [0.15, 0.2) is 53.0 Å². The van der Waals surface area contributed by atoms with Crippen molar-refractivity contribution >= 4 is 45.3 Å². The van der Waals surface area contributed by atoms with Crippen LogP contribution in [0.3, 0.4) is 0 Å². The van der Waals surface area contributed by atoms with E-state index in [0.717, 1.165) is 14.9 Å². The normalized spacial score (nSPS) is 18.7. The molecule has 0 unspecified atom stereocenters. The van der Waals surface area contributed by atoms with Crippen LogP contribution >= 0.6 is 15.9 Å². The number of ether oxygens (including phenoxy) is 1. The molecule has 0 bridgehead atoms. The van der Waals surface area contributed by atoms with Gasteiger partial charge < -0.3 is 10.1 Å². The number of hydrogen-bond donors (Lipinski definition) is 1. The molecule has 0 aromatic heterocycles. The van der Waals surface area contributed by atoms with E-state index in [-0.39, 0.29) is 13.0 Å². The first-order chi connectivity index (χ1) is 13.7. The molecule has 2 aromatic rings. The lowest BCUT2D eigenvalue weighted by molar-refractivity contribution is -0.142. The van der Waals surface area contributed by atoms with Crippen LogP contribution in [0.1, 0.15) is 29.3 Å². The van der Waals surface area contributed by atoms with Crippen molar-refractivity contribution in [1.29, 1.82) is 0 Å². The number of hydrogen-bond acceptors (Lipinski definition) is 5. The molecule has 2 aromatic carbocycles. The summed E-state index contributed by atoms with van der Waals surface area (Å²) in [6, 6.07) is 13.3. The van der Waals surface area contributed by atoms with Gasteiger partial charge in [0.15, 0.2) is 0 Å². The molecular formula is C21H19BrN2O5. The van der Waals surface area contributed by atoms with Gasteiger partial charge in [0.1, 0.15) is 6.54 Å². The van der Waals surface area contributed by atoms with Gasteiger partial charge in [0.25, 0.3) is 0 Å². The Bertz CT molecular complexity index is 972. The Labute approximate surface area is 176 Å². The molecule has 0 spiro atoms. The topological polar surface area (TPSA) is 92.8 Å². The van der Waals surface area contributed by atoms with Crippen LogP contribution in [-0.4, -0.2) is 42.2 Å². The highest BCUT2D eigenvalue weighted by atomic mass is 79.9. The number of carbonyl (C=O) groups excluding carboxylic acids is 4. The minimum atomic E-state index is -1.000. The average molecular weight is 459 g/mol. The van der Waals surface area contributed by atoms with E-state index in [1.165, 1.54) is 19.2 Å². The molecule has 3 amide bonds. The number of anilines is 1. The van der Waals surface area contributed by atoms with E-state index in [1.807, 2.05) is 12.1 Å². The number of nitrogens with one attached hydrogen (secondary N) is 1. The first-order valence-corrected chi connectivity index (χ1v) is 9.63. The number of imide groups is 1. The van der Waals surface area contributed by atoms with E-state index in [1.54, 1.807) is 31.2 Å². The average Bonchev–Trinajstić information content (AvgIpc) is 2.92. The van der Waals surface area contributed by atoms with Crippen LogP contribution in [0.25, 0.3) is 0 Å². The minimum Gasteiger partial charge on any atom is -0.465 e. The van der Waals surface area contributed by atoms with E-state index in [2.05, 4.69) is 26.0 Å². The molecular weight excluding hydrogens is 440 g/mol. The number of benzene rings is 2. The van der Waals surface area contributed by atoms with Crippen molar-refractivity contribution in [2.45, 2.75) is 18.8 Å². The second kappa shape index (κ2) is 8.16. The standard InChI is InChI=1S/C21H19BrN2O5/c1-21(14-5-7-15(22)8-6-14)11-18(26)24(20(21)28)12-17(25)23-16-9-3-13(4-10-16)19(27)29-2/h3-10H,11-12H2,1-2H3,(H,23,25)/t21-/m0/s1. The summed E-state index contributed by atoms with van der Waals surface area (Å²) >= 11 is 3.35. The summed E-state index contributed by atoms with van der Waals surface area (Å²) in [5.74, 6) is -1.78. The molecule has 1 aliphatic heterocycles. The highest BCUT2D eigenvalue weighted by Crippen LogP contribution is 2.36. The fourth-order valence-electron chi connectivity index (χ4n) is 3.24. The van der Waals surface area contributed by atoms with Gasteiger partial charge >= 0.3 is 5.97 Å². The zero-order valence-electron chi connectivity index (χ0n) is 15.9. The third-order valence-corrected chi connectivity index (χ3v) is 5.42. The Hall–Kier alpha value is -3.00. The molecule has 29 heavy (non-hydrogen) atoms. The number of likely N-dealkylation sites (tertiary alicyclic amines) is 1. The number of amides is 3. The van der Waals surface area contributed by atoms with Crippen molar-refractivity contribution in [3.63, 3.8) is 0 Å². The molecule has 7 nitrogen and oxygen atoms in total. The SMILES string of the molecule is COC(=O)c1ccc(NC(=O)CN2C(=O)C[C@@](C)(c3ccc(Br)cc3)C2=O)cc1. The molecule has 8 heteroatoms. The first kappa shape index (κ1) is 20.7. The second-order valence-electron chi connectivity index (χ2n) is 6.92. The summed E-state index contributed by atoms with van der Waals surface area (Å²) in [6.45, 7) is 1.34. The smallest absolute Gasteiger partial charge is 0.337 e. The highest BCUT2D eigenvalue weighted by molar-refractivity contribution is 9.10. The molecule has 1 atom stereocenters. The maximum atomic E-state index is 12.9. The fourth-order valence-corrected chi connectivity index (χ4v) is 3.50. The lowest BCUT2D eigenvalue weighted by atomic mass is 9.81. The maximum Gasteiger partial charge on any atom is 0.337 e. The number of carbonyl (C=O) groups is 4. The van der Waals surface area contributed by atoms with E-state index in [4.69, 9.17) is 0 Å². The van der Waals surface area contributed by atoms with E-state index < -0.39 is 29.1 Å². The molecule has 1 N–H and O–H groups in total. The summed E-state index contributed by atoms with van der Waals surface area (Å²) in [5, 5.41) is 2.63. The summed E-state index contributed by atoms with van der Waals surface area (Å²) in [4.78, 5) is 50.2. The third kappa shape index (κ3) is 4.22. The van der Waals surface area contributed by atoms with Gasteiger partial charge in [0.05, 0.1) is 18.1 Å². The van der Waals surface area contributed by atoms with Crippen molar-refractivity contribution in [3.05, 3.63) is 64.1 Å². The molecule has 0 radical (unpaired) electrons. The largest absolute Gasteiger partial charge is 0.465 e. The van der Waals surface area contributed by atoms with Gasteiger partial charge in [0.2, 0.25) is 17.7 Å². The molecule has 0 saturated carbocycles. The van der Waals surface area contributed by atoms with Gasteiger partial charge in [-0.05, 0) is 48.9 Å². The minimum absolute atomic E-state index is 0.00850. The summed E-state index contributed by atoms with van der Waals surface area (Å²) in [6.07, 6.45) is 0.00850. The van der Waals surface area contributed by atoms with E-state index in [9.17, 15) is 19.2 Å². The number of nitrogens with zero attached hydrogens (tertiary/aromatic N) is 1. The fraction of sp³-hybridized carbons (Fsp3) is 0.238. The Morgan fingerprint density at radius 1 is 1.10 bits per heavy atom. The van der Waals surface area contributed by atoms with Gasteiger partial charge in [-0.3, -0.25) is 19.3 Å². The van der Waals surface area contributed by atoms with Crippen molar-refractivity contribution in [3.8, 4) is 0 Å². The Morgan fingerprint density at radius 3 is 2.31 bits per heavy atom. The zero-order valence-corrected chi connectivity index (χ0v) is 17.5. The van der Waals surface area contributed by atoms with E-state index in [0.29, 0.717) is 11.3 Å². The van der Waals surface area contributed by atoms with Gasteiger partial charge in [-0.25, -0.2) is 4.79 Å². The number of methoxy groups -OCH3 is 1. The maximum absolute atomic E-state index is 12.9. The van der Waals surface area contributed by atoms with Gasteiger partial charge in [-0.2, -0.15) is 0 Å². The summed E-state index contributed by atoms with van der Waals surface area (Å²) in [5.41, 5.74) is 0.513. The zero-order chi connectivity index (χ0) is 21.2. The monoisotopic (exact) mass is 458 g/mol. The third-order valence-electron chi connectivity index (χ3n) is 4.90. The summed E-state index contributed by atoms with van der Waals surface area (Å²) in [7, 11) is 1.28. The van der Waals surface area contributed by atoms with Crippen LogP contribution in [0.5, 0.6) is 0 Å². The van der Waals surface area contributed by atoms with Crippen LogP contribution < -0.4 is 5.32 Å². The quantitative estimate of drug-likeness (QED) is 0.549. The van der Waals surface area contributed by atoms with Crippen LogP contribution in [0.4, 0.5) is 5.69 Å². The molecule has 1 heterocycles. The summed E-state index contributed by atoms with van der Waals surface area (Å²) < 4.78 is 5.49. The highest BCUT2D eigenvalue weighted by Gasteiger charge is 2.49. The van der Waals surface area contributed by atoms with Crippen molar-refractivity contribution in [2.24, 2.45) is 0 Å². The molecule has 0 aliphatic carbocycles. The molecule has 1 fully saturated rings. The van der Waals surface area contributed by atoms with Crippen molar-refractivity contribution in [2.75, 3.05) is 19.0 Å². The predicted octanol–water partition coefficient (Wildman–Crippen LogP) is 2.89. The molecule has 3 rings (SSSR count). The lowest BCUT2D eigenvalue weighted by Gasteiger charge is -2.22. The van der Waals surface area contributed by atoms with Crippen LogP contribution in [0, 0.1) is 0 Å². The van der Waals surface area contributed by atoms with E-state index >= 15 is 0 Å². The molecule has 1 saturated heterocycles. The number of rotatable bonds is 5. The van der Waals surface area contributed by atoms with Crippen LogP contribution in [0.2, 0.25) is 0 Å². The second-order valence-corrected chi connectivity index (χ2v) is 7.83. The Kier molecular flexibility index (Phi) is 5.83. The number of esters is 1. The first-order valence-electron chi connectivity index (χ1n) is 8.83. The Morgan fingerprint density at radius 2 is 1.72 bits per heavy atom. The predicted molar refractivity (Wildman–Crippen MR) is 109 cm³/mol. The van der Waals surface area contributed by atoms with Gasteiger partial charge in [0, 0.05) is 16.6 Å². The Balaban J connectivity index is 1.69. The van der Waals surface area contributed by atoms with Gasteiger partial charge in [-0.1, -0.05) is 28.1 Å². The van der Waals surface area contributed by atoms with Crippen molar-refractivity contribution in [1.82, 2.24) is 4.90 Å².